The molecule has 1 aliphatic rings. The van der Waals surface area contributed by atoms with E-state index in [0.29, 0.717) is 12.5 Å². The Kier molecular flexibility index (Phi) is 4.82. The first-order chi connectivity index (χ1) is 7.88. The molecule has 1 aliphatic heterocycles. The summed E-state index contributed by atoms with van der Waals surface area (Å²) in [7, 11) is 0. The Hall–Kier alpha value is -0.380. The maximum Gasteiger partial charge on any atom is 0.0474 e. The zero-order chi connectivity index (χ0) is 11.2. The fourth-order valence-electron chi connectivity index (χ4n) is 2.41. The lowest BCUT2D eigenvalue weighted by atomic mass is 10.0. The second-order valence-corrected chi connectivity index (χ2v) is 5.73. The van der Waals surface area contributed by atoms with Gasteiger partial charge in [-0.15, -0.1) is 11.3 Å². The van der Waals surface area contributed by atoms with Crippen molar-refractivity contribution in [2.75, 3.05) is 26.2 Å². The van der Waals surface area contributed by atoms with Crippen LogP contribution in [0.15, 0.2) is 17.5 Å². The van der Waals surface area contributed by atoms with Crippen molar-refractivity contribution in [1.29, 1.82) is 0 Å². The molecule has 0 spiro atoms. The van der Waals surface area contributed by atoms with E-state index in [4.69, 9.17) is 0 Å². The molecule has 16 heavy (non-hydrogen) atoms. The van der Waals surface area contributed by atoms with E-state index < -0.39 is 0 Å². The van der Waals surface area contributed by atoms with Crippen LogP contribution in [-0.2, 0) is 6.42 Å². The smallest absolute Gasteiger partial charge is 0.0474 e. The van der Waals surface area contributed by atoms with Crippen LogP contribution < -0.4 is 0 Å². The molecule has 0 bridgehead atoms. The molecule has 1 fully saturated rings. The molecule has 1 aromatic heterocycles. The van der Waals surface area contributed by atoms with E-state index in [1.807, 2.05) is 0 Å². The average molecular weight is 239 g/mol. The van der Waals surface area contributed by atoms with E-state index in [1.165, 1.54) is 37.2 Å². The van der Waals surface area contributed by atoms with Gasteiger partial charge in [-0.2, -0.15) is 0 Å². The van der Waals surface area contributed by atoms with Crippen molar-refractivity contribution >= 4 is 11.3 Å². The molecule has 2 rings (SSSR count). The number of piperidine rings is 1. The van der Waals surface area contributed by atoms with Gasteiger partial charge in [-0.05, 0) is 49.7 Å². The second kappa shape index (κ2) is 6.38. The van der Waals surface area contributed by atoms with Gasteiger partial charge in [-0.25, -0.2) is 0 Å². The van der Waals surface area contributed by atoms with Gasteiger partial charge in [-0.3, -0.25) is 0 Å². The summed E-state index contributed by atoms with van der Waals surface area (Å²) in [6, 6.07) is 4.26. The molecular formula is C13H21NOS. The zero-order valence-corrected chi connectivity index (χ0v) is 10.6. The number of hydrogen-bond acceptors (Lipinski definition) is 3. The van der Waals surface area contributed by atoms with Gasteiger partial charge >= 0.3 is 0 Å². The van der Waals surface area contributed by atoms with Crippen molar-refractivity contribution in [2.24, 2.45) is 5.92 Å². The Morgan fingerprint density at radius 2 is 2.12 bits per heavy atom. The molecule has 1 unspecified atom stereocenters. The van der Waals surface area contributed by atoms with Crippen LogP contribution >= 0.6 is 11.3 Å². The highest BCUT2D eigenvalue weighted by molar-refractivity contribution is 7.09. The molecule has 90 valence electrons. The van der Waals surface area contributed by atoms with E-state index in [-0.39, 0.29) is 0 Å². The van der Waals surface area contributed by atoms with E-state index >= 15 is 0 Å². The predicted octanol–water partition coefficient (Wildman–Crippen LogP) is 2.39. The van der Waals surface area contributed by atoms with Crippen LogP contribution in [0.4, 0.5) is 0 Å². The van der Waals surface area contributed by atoms with Crippen LogP contribution in [0.5, 0.6) is 0 Å². The molecule has 1 N–H and O–H groups in total. The van der Waals surface area contributed by atoms with Crippen molar-refractivity contribution in [2.45, 2.75) is 25.7 Å². The summed E-state index contributed by atoms with van der Waals surface area (Å²) in [6.07, 6.45) is 5.07. The van der Waals surface area contributed by atoms with Crippen LogP contribution in [0.2, 0.25) is 0 Å². The molecule has 1 saturated heterocycles. The van der Waals surface area contributed by atoms with E-state index in [9.17, 15) is 5.11 Å². The van der Waals surface area contributed by atoms with Crippen molar-refractivity contribution in [3.8, 4) is 0 Å². The highest BCUT2D eigenvalue weighted by atomic mass is 32.1. The molecule has 0 aliphatic carbocycles. The molecular weight excluding hydrogens is 218 g/mol. The number of rotatable bonds is 5. The third-order valence-electron chi connectivity index (χ3n) is 3.29. The van der Waals surface area contributed by atoms with Gasteiger partial charge in [0.2, 0.25) is 0 Å². The third kappa shape index (κ3) is 3.58. The first-order valence-electron chi connectivity index (χ1n) is 6.24. The second-order valence-electron chi connectivity index (χ2n) is 4.69. The first kappa shape index (κ1) is 12.1. The standard InChI is InChI=1S/C13H21NOS/c15-11-12(9-13-5-4-8-16-13)10-14-6-2-1-3-7-14/h4-5,8,12,15H,1-3,6-7,9-11H2. The lowest BCUT2D eigenvalue weighted by Gasteiger charge is -2.29. The molecule has 1 aromatic rings. The summed E-state index contributed by atoms with van der Waals surface area (Å²) >= 11 is 1.80. The van der Waals surface area contributed by atoms with Crippen molar-refractivity contribution in [3.05, 3.63) is 22.4 Å². The van der Waals surface area contributed by atoms with Gasteiger partial charge in [0.1, 0.15) is 0 Å². The van der Waals surface area contributed by atoms with Crippen LogP contribution in [0, 0.1) is 5.92 Å². The number of aliphatic hydroxyl groups is 1. The fraction of sp³-hybridized carbons (Fsp3) is 0.692. The number of hydrogen-bond donors (Lipinski definition) is 1. The van der Waals surface area contributed by atoms with E-state index in [0.717, 1.165) is 13.0 Å². The third-order valence-corrected chi connectivity index (χ3v) is 4.19. The maximum atomic E-state index is 9.43. The Balaban J connectivity index is 1.80. The van der Waals surface area contributed by atoms with Crippen LogP contribution in [0.1, 0.15) is 24.1 Å². The Bertz CT molecular complexity index is 280. The topological polar surface area (TPSA) is 23.5 Å². The SMILES string of the molecule is OCC(Cc1cccs1)CN1CCCCC1. The van der Waals surface area contributed by atoms with Gasteiger partial charge in [0.15, 0.2) is 0 Å². The molecule has 0 radical (unpaired) electrons. The monoisotopic (exact) mass is 239 g/mol. The number of thiophene rings is 1. The van der Waals surface area contributed by atoms with Crippen molar-refractivity contribution in [1.82, 2.24) is 4.90 Å². The summed E-state index contributed by atoms with van der Waals surface area (Å²) in [6.45, 7) is 3.82. The van der Waals surface area contributed by atoms with Gasteiger partial charge in [0, 0.05) is 18.0 Å². The zero-order valence-electron chi connectivity index (χ0n) is 9.77. The molecule has 0 saturated carbocycles. The normalized spacial score (nSPS) is 19.8. The number of nitrogens with zero attached hydrogens (tertiary/aromatic N) is 1. The number of aliphatic hydroxyl groups excluding tert-OH is 1. The lowest BCUT2D eigenvalue weighted by Crippen LogP contribution is -2.35. The molecule has 1 atom stereocenters. The molecule has 2 nitrogen and oxygen atoms in total. The van der Waals surface area contributed by atoms with Gasteiger partial charge in [0.25, 0.3) is 0 Å². The summed E-state index contributed by atoms with van der Waals surface area (Å²) in [5, 5.41) is 11.5. The maximum absolute atomic E-state index is 9.43. The van der Waals surface area contributed by atoms with Gasteiger partial charge < -0.3 is 10.0 Å². The fourth-order valence-corrected chi connectivity index (χ4v) is 3.23. The van der Waals surface area contributed by atoms with Crippen LogP contribution in [0.25, 0.3) is 0 Å². The minimum Gasteiger partial charge on any atom is -0.396 e. The molecule has 0 amide bonds. The molecule has 2 heterocycles. The van der Waals surface area contributed by atoms with E-state index in [1.54, 1.807) is 11.3 Å². The van der Waals surface area contributed by atoms with Gasteiger partial charge in [0.05, 0.1) is 0 Å². The summed E-state index contributed by atoms with van der Waals surface area (Å²) in [5.74, 6) is 0.414. The Morgan fingerprint density at radius 1 is 1.31 bits per heavy atom. The first-order valence-corrected chi connectivity index (χ1v) is 7.12. The minimum absolute atomic E-state index is 0.314. The van der Waals surface area contributed by atoms with Crippen LogP contribution in [0.3, 0.4) is 0 Å². The Labute approximate surface area is 102 Å². The predicted molar refractivity (Wildman–Crippen MR) is 68.9 cm³/mol. The highest BCUT2D eigenvalue weighted by Crippen LogP contribution is 2.17. The van der Waals surface area contributed by atoms with Crippen molar-refractivity contribution < 1.29 is 5.11 Å². The lowest BCUT2D eigenvalue weighted by molar-refractivity contribution is 0.147. The summed E-state index contributed by atoms with van der Waals surface area (Å²) < 4.78 is 0. The van der Waals surface area contributed by atoms with Crippen molar-refractivity contribution in [3.63, 3.8) is 0 Å². The quantitative estimate of drug-likeness (QED) is 0.853. The molecule has 0 aromatic carbocycles. The Morgan fingerprint density at radius 3 is 2.75 bits per heavy atom. The van der Waals surface area contributed by atoms with Gasteiger partial charge in [-0.1, -0.05) is 12.5 Å². The largest absolute Gasteiger partial charge is 0.396 e. The van der Waals surface area contributed by atoms with E-state index in [2.05, 4.69) is 22.4 Å². The molecule has 3 heteroatoms. The summed E-state index contributed by atoms with van der Waals surface area (Å²) in [4.78, 5) is 3.91. The highest BCUT2D eigenvalue weighted by Gasteiger charge is 2.16. The average Bonchev–Trinajstić information content (AvgIpc) is 2.82. The minimum atomic E-state index is 0.314. The number of likely N-dealkylation sites (tertiary alicyclic amines) is 1. The summed E-state index contributed by atoms with van der Waals surface area (Å²) in [5.41, 5.74) is 0. The van der Waals surface area contributed by atoms with Crippen LogP contribution in [-0.4, -0.2) is 36.2 Å².